The molecule has 0 aliphatic heterocycles. The van der Waals surface area contributed by atoms with Crippen LogP contribution < -0.4 is 5.32 Å². The highest BCUT2D eigenvalue weighted by molar-refractivity contribution is 6.43. The molecule has 0 radical (unpaired) electrons. The van der Waals surface area contributed by atoms with Crippen molar-refractivity contribution in [1.82, 2.24) is 5.32 Å². The molecule has 1 atom stereocenters. The number of aliphatic imine (C=N–C) groups is 1. The van der Waals surface area contributed by atoms with Gasteiger partial charge < -0.3 is 10.4 Å². The predicted octanol–water partition coefficient (Wildman–Crippen LogP) is 2.79. The molecule has 124 valence electrons. The first-order valence-corrected chi connectivity index (χ1v) is 7.68. The highest BCUT2D eigenvalue weighted by Gasteiger charge is 2.10. The molecular formula is C18H24N2O3. The number of amides is 1. The van der Waals surface area contributed by atoms with E-state index in [1.165, 1.54) is 25.6 Å². The third-order valence-electron chi connectivity index (χ3n) is 3.60. The van der Waals surface area contributed by atoms with E-state index in [0.717, 1.165) is 12.8 Å². The number of benzene rings is 1. The maximum Gasteiger partial charge on any atom is 0.331 e. The van der Waals surface area contributed by atoms with E-state index in [9.17, 15) is 9.59 Å². The molecule has 23 heavy (non-hydrogen) atoms. The van der Waals surface area contributed by atoms with E-state index in [1.807, 2.05) is 18.2 Å². The molecule has 1 aromatic rings. The third-order valence-corrected chi connectivity index (χ3v) is 3.60. The average Bonchev–Trinajstić information content (AvgIpc) is 2.57. The lowest BCUT2D eigenvalue weighted by Gasteiger charge is -2.10. The van der Waals surface area contributed by atoms with Gasteiger partial charge >= 0.3 is 5.97 Å². The predicted molar refractivity (Wildman–Crippen MR) is 91.9 cm³/mol. The fourth-order valence-corrected chi connectivity index (χ4v) is 2.12. The number of nitrogens with one attached hydrogen (secondary N) is 1. The van der Waals surface area contributed by atoms with Crippen LogP contribution >= 0.6 is 0 Å². The second-order valence-corrected chi connectivity index (χ2v) is 5.43. The van der Waals surface area contributed by atoms with Crippen molar-refractivity contribution < 1.29 is 14.7 Å². The zero-order valence-corrected chi connectivity index (χ0v) is 13.9. The Morgan fingerprint density at radius 2 is 1.96 bits per heavy atom. The molecule has 2 N–H and O–H groups in total. The number of carboxylic acids is 1. The fraction of sp³-hybridized carbons (Fsp3) is 0.389. The molecule has 0 spiro atoms. The van der Waals surface area contributed by atoms with Crippen LogP contribution in [0.4, 0.5) is 0 Å². The van der Waals surface area contributed by atoms with Crippen LogP contribution in [0, 0.1) is 0 Å². The number of hydrogen-bond donors (Lipinski definition) is 2. The van der Waals surface area contributed by atoms with Gasteiger partial charge in [0.25, 0.3) is 5.91 Å². The van der Waals surface area contributed by atoms with Crippen molar-refractivity contribution in [2.24, 2.45) is 4.99 Å². The van der Waals surface area contributed by atoms with E-state index in [2.05, 4.69) is 29.4 Å². The van der Waals surface area contributed by atoms with Crippen LogP contribution in [0.15, 0.2) is 47.0 Å². The Morgan fingerprint density at radius 3 is 2.52 bits per heavy atom. The number of carboxylic acid groups (broad SMARTS) is 1. The van der Waals surface area contributed by atoms with Crippen molar-refractivity contribution in [2.75, 3.05) is 13.6 Å². The lowest BCUT2D eigenvalue weighted by molar-refractivity contribution is -0.132. The minimum absolute atomic E-state index is 0.0880. The van der Waals surface area contributed by atoms with Crippen LogP contribution in [0.1, 0.15) is 38.2 Å². The van der Waals surface area contributed by atoms with Gasteiger partial charge in [0.05, 0.1) is 0 Å². The summed E-state index contributed by atoms with van der Waals surface area (Å²) < 4.78 is 0. The number of nitrogens with zero attached hydrogens (tertiary/aromatic N) is 1. The summed E-state index contributed by atoms with van der Waals surface area (Å²) in [5.41, 5.74) is 1.52. The molecule has 0 saturated carbocycles. The summed E-state index contributed by atoms with van der Waals surface area (Å²) in [7, 11) is 1.50. The molecule has 0 aliphatic rings. The minimum atomic E-state index is -1.06. The molecule has 1 amide bonds. The summed E-state index contributed by atoms with van der Waals surface area (Å²) >= 11 is 0. The number of carbonyl (C=O) groups is 2. The largest absolute Gasteiger partial charge is 0.478 e. The Bertz CT molecular complexity index is 592. The molecule has 0 aliphatic carbocycles. The fourth-order valence-electron chi connectivity index (χ4n) is 2.12. The summed E-state index contributed by atoms with van der Waals surface area (Å²) in [5.74, 6) is -1.01. The van der Waals surface area contributed by atoms with E-state index >= 15 is 0 Å². The zero-order chi connectivity index (χ0) is 17.2. The minimum Gasteiger partial charge on any atom is -0.478 e. The Morgan fingerprint density at radius 1 is 1.30 bits per heavy atom. The number of aliphatic carboxylic acids is 1. The topological polar surface area (TPSA) is 78.8 Å². The normalized spacial score (nSPS) is 13.5. The standard InChI is InChI=1S/C18H24N2O3/c1-13(15-9-5-4-6-10-15)8-7-11-20-16(17(21)19-3)12-14(2)18(22)23/h4-6,9-10,12-13H,7-8,11H2,1-3H3,(H,19,21)(H,22,23)/b14-12+,20-16?/t13-/m1/s1. The first-order chi connectivity index (χ1) is 11.0. The van der Waals surface area contributed by atoms with E-state index in [1.54, 1.807) is 0 Å². The molecule has 1 aromatic carbocycles. The van der Waals surface area contributed by atoms with Crippen molar-refractivity contribution >= 4 is 17.6 Å². The van der Waals surface area contributed by atoms with E-state index in [-0.39, 0.29) is 17.2 Å². The lowest BCUT2D eigenvalue weighted by Crippen LogP contribution is -2.27. The average molecular weight is 316 g/mol. The Kier molecular flexibility index (Phi) is 7.74. The Hall–Kier alpha value is -2.43. The summed E-state index contributed by atoms with van der Waals surface area (Å²) in [5, 5.41) is 11.4. The molecule has 0 bridgehead atoms. The van der Waals surface area contributed by atoms with Crippen LogP contribution in [0.25, 0.3) is 0 Å². The van der Waals surface area contributed by atoms with Gasteiger partial charge in [-0.15, -0.1) is 0 Å². The van der Waals surface area contributed by atoms with Crippen LogP contribution in [0.2, 0.25) is 0 Å². The smallest absolute Gasteiger partial charge is 0.331 e. The molecule has 0 fully saturated rings. The third kappa shape index (κ3) is 6.46. The molecule has 5 heteroatoms. The van der Waals surface area contributed by atoms with Crippen LogP contribution in [0.5, 0.6) is 0 Å². The van der Waals surface area contributed by atoms with E-state index in [0.29, 0.717) is 12.5 Å². The van der Waals surface area contributed by atoms with Crippen LogP contribution in [-0.4, -0.2) is 36.3 Å². The summed E-state index contributed by atoms with van der Waals surface area (Å²) in [4.78, 5) is 26.9. The van der Waals surface area contributed by atoms with Gasteiger partial charge in [0.2, 0.25) is 0 Å². The molecule has 5 nitrogen and oxygen atoms in total. The van der Waals surface area contributed by atoms with Gasteiger partial charge in [0.15, 0.2) is 0 Å². The van der Waals surface area contributed by atoms with Crippen molar-refractivity contribution in [1.29, 1.82) is 0 Å². The number of rotatable bonds is 8. The van der Waals surface area contributed by atoms with Gasteiger partial charge in [0.1, 0.15) is 5.71 Å². The summed E-state index contributed by atoms with van der Waals surface area (Å²) in [6.45, 7) is 4.09. The van der Waals surface area contributed by atoms with Crippen molar-refractivity contribution in [3.63, 3.8) is 0 Å². The molecular weight excluding hydrogens is 292 g/mol. The Labute approximate surface area is 137 Å². The zero-order valence-electron chi connectivity index (χ0n) is 13.9. The first kappa shape index (κ1) is 18.6. The van der Waals surface area contributed by atoms with Gasteiger partial charge in [-0.2, -0.15) is 0 Å². The highest BCUT2D eigenvalue weighted by atomic mass is 16.4. The summed E-state index contributed by atoms with van der Waals surface area (Å²) in [6.07, 6.45) is 3.09. The summed E-state index contributed by atoms with van der Waals surface area (Å²) in [6, 6.07) is 10.2. The van der Waals surface area contributed by atoms with Crippen molar-refractivity contribution in [3.8, 4) is 0 Å². The van der Waals surface area contributed by atoms with Crippen molar-refractivity contribution in [2.45, 2.75) is 32.6 Å². The number of carbonyl (C=O) groups excluding carboxylic acids is 1. The van der Waals surface area contributed by atoms with Crippen LogP contribution in [-0.2, 0) is 9.59 Å². The van der Waals surface area contributed by atoms with Gasteiger partial charge in [-0.05, 0) is 37.3 Å². The monoisotopic (exact) mass is 316 g/mol. The van der Waals surface area contributed by atoms with Crippen LogP contribution in [0.3, 0.4) is 0 Å². The van der Waals surface area contributed by atoms with E-state index < -0.39 is 5.97 Å². The molecule has 1 rings (SSSR count). The SMILES string of the molecule is CNC(=O)C(/C=C(\C)C(=O)O)=NCCC[C@@H](C)c1ccccc1. The maximum absolute atomic E-state index is 11.7. The molecule has 0 heterocycles. The molecule has 0 saturated heterocycles. The van der Waals surface area contributed by atoms with Gasteiger partial charge in [-0.1, -0.05) is 37.3 Å². The quantitative estimate of drug-likeness (QED) is 0.440. The number of hydrogen-bond acceptors (Lipinski definition) is 3. The second-order valence-electron chi connectivity index (χ2n) is 5.43. The lowest BCUT2D eigenvalue weighted by atomic mass is 9.96. The first-order valence-electron chi connectivity index (χ1n) is 7.68. The Balaban J connectivity index is 2.62. The van der Waals surface area contributed by atoms with Gasteiger partial charge in [-0.25, -0.2) is 4.79 Å². The van der Waals surface area contributed by atoms with Crippen molar-refractivity contribution in [3.05, 3.63) is 47.5 Å². The maximum atomic E-state index is 11.7. The second kappa shape index (κ2) is 9.56. The molecule has 0 aromatic heterocycles. The van der Waals surface area contributed by atoms with Gasteiger partial charge in [0, 0.05) is 19.2 Å². The highest BCUT2D eigenvalue weighted by Crippen LogP contribution is 2.19. The van der Waals surface area contributed by atoms with E-state index in [4.69, 9.17) is 5.11 Å². The van der Waals surface area contributed by atoms with Gasteiger partial charge in [-0.3, -0.25) is 9.79 Å². The molecule has 0 unspecified atom stereocenters.